The van der Waals surface area contributed by atoms with E-state index in [0.717, 1.165) is 0 Å². The van der Waals surface area contributed by atoms with Crippen LogP contribution in [0.15, 0.2) is 42.6 Å². The summed E-state index contributed by atoms with van der Waals surface area (Å²) < 4.78 is 20.7. The van der Waals surface area contributed by atoms with Crippen LogP contribution in [-0.4, -0.2) is 37.9 Å². The van der Waals surface area contributed by atoms with Crippen LogP contribution in [0.4, 0.5) is 20.8 Å². The van der Waals surface area contributed by atoms with Gasteiger partial charge in [-0.1, -0.05) is 18.2 Å². The van der Waals surface area contributed by atoms with Crippen LogP contribution in [0.25, 0.3) is 22.6 Å². The van der Waals surface area contributed by atoms with Crippen molar-refractivity contribution in [3.8, 4) is 17.3 Å². The second kappa shape index (κ2) is 7.62. The number of rotatable bonds is 4. The minimum atomic E-state index is -0.756. The Labute approximate surface area is 169 Å². The molecule has 0 aliphatic rings. The first kappa shape index (κ1) is 19.1. The number of nitrogen functional groups attached to an aromatic ring is 2. The van der Waals surface area contributed by atoms with Gasteiger partial charge in [0, 0.05) is 18.8 Å². The summed E-state index contributed by atoms with van der Waals surface area (Å²) in [5, 5.41) is 7.44. The van der Waals surface area contributed by atoms with Gasteiger partial charge in [0.05, 0.1) is 11.9 Å². The summed E-state index contributed by atoms with van der Waals surface area (Å²) in [6.07, 6.45) is 0.851. The van der Waals surface area contributed by atoms with Gasteiger partial charge in [0.15, 0.2) is 23.1 Å². The standard InChI is InChI=1S/C19H17FN8O2/c1-23-19(29)30-14-15(21)25-17(26-16(14)22)13-11-6-4-8-24-18(11)28(27-13)9-10-5-2-3-7-12(10)20/h2-8H,9H2,1H3,(H,23,29)(H4,21,22,25,26). The van der Waals surface area contributed by atoms with Crippen molar-refractivity contribution in [3.63, 3.8) is 0 Å². The van der Waals surface area contributed by atoms with Crippen LogP contribution in [-0.2, 0) is 6.54 Å². The summed E-state index contributed by atoms with van der Waals surface area (Å²) in [6, 6.07) is 9.93. The highest BCUT2D eigenvalue weighted by Gasteiger charge is 2.21. The number of carbonyl (C=O) groups excluding carboxylic acids is 1. The van der Waals surface area contributed by atoms with Crippen molar-refractivity contribution in [2.45, 2.75) is 6.54 Å². The molecule has 0 atom stereocenters. The number of nitrogens with two attached hydrogens (primary N) is 2. The molecule has 3 aromatic heterocycles. The molecule has 0 unspecified atom stereocenters. The van der Waals surface area contributed by atoms with E-state index in [9.17, 15) is 9.18 Å². The summed E-state index contributed by atoms with van der Waals surface area (Å²) in [6.45, 7) is 0.156. The van der Waals surface area contributed by atoms with E-state index in [1.165, 1.54) is 13.1 Å². The predicted molar refractivity (Wildman–Crippen MR) is 108 cm³/mol. The molecule has 0 radical (unpaired) electrons. The molecule has 0 bridgehead atoms. The summed E-state index contributed by atoms with van der Waals surface area (Å²) in [4.78, 5) is 24.2. The minimum absolute atomic E-state index is 0.123. The van der Waals surface area contributed by atoms with Crippen molar-refractivity contribution in [2.75, 3.05) is 18.5 Å². The summed E-state index contributed by atoms with van der Waals surface area (Å²) in [5.41, 5.74) is 13.2. The summed E-state index contributed by atoms with van der Waals surface area (Å²) in [7, 11) is 1.39. The van der Waals surface area contributed by atoms with Gasteiger partial charge in [0.1, 0.15) is 11.5 Å². The zero-order valence-electron chi connectivity index (χ0n) is 15.8. The molecule has 3 heterocycles. The molecule has 11 heteroatoms. The lowest BCUT2D eigenvalue weighted by Crippen LogP contribution is -2.23. The zero-order chi connectivity index (χ0) is 21.3. The lowest BCUT2D eigenvalue weighted by Gasteiger charge is -2.09. The largest absolute Gasteiger partial charge is 0.412 e. The van der Waals surface area contributed by atoms with Gasteiger partial charge in [0.2, 0.25) is 5.75 Å². The molecule has 0 fully saturated rings. The van der Waals surface area contributed by atoms with Gasteiger partial charge in [-0.2, -0.15) is 5.10 Å². The van der Waals surface area contributed by atoms with Crippen molar-refractivity contribution < 1.29 is 13.9 Å². The van der Waals surface area contributed by atoms with Gasteiger partial charge < -0.3 is 21.5 Å². The smallest absolute Gasteiger partial charge is 0.402 e. The fraction of sp³-hybridized carbons (Fsp3) is 0.105. The maximum atomic E-state index is 14.1. The van der Waals surface area contributed by atoms with Crippen molar-refractivity contribution in [3.05, 3.63) is 54.0 Å². The quantitative estimate of drug-likeness (QED) is 0.464. The van der Waals surface area contributed by atoms with Gasteiger partial charge in [0.25, 0.3) is 0 Å². The molecule has 10 nitrogen and oxygen atoms in total. The number of amides is 1. The number of pyridine rings is 1. The third-order valence-electron chi connectivity index (χ3n) is 4.31. The second-order valence-corrected chi connectivity index (χ2v) is 6.26. The van der Waals surface area contributed by atoms with Crippen molar-refractivity contribution in [2.24, 2.45) is 0 Å². The van der Waals surface area contributed by atoms with E-state index in [-0.39, 0.29) is 35.6 Å². The number of hydrogen-bond acceptors (Lipinski definition) is 8. The van der Waals surface area contributed by atoms with Gasteiger partial charge in [-0.15, -0.1) is 0 Å². The molecule has 0 saturated heterocycles. The fourth-order valence-electron chi connectivity index (χ4n) is 2.91. The number of ether oxygens (including phenoxy) is 1. The van der Waals surface area contributed by atoms with Crippen molar-refractivity contribution in [1.29, 1.82) is 0 Å². The number of hydrogen-bond donors (Lipinski definition) is 3. The molecule has 5 N–H and O–H groups in total. The molecule has 0 aliphatic heterocycles. The SMILES string of the molecule is CNC(=O)Oc1c(N)nc(-c2nn(Cc3ccccc3F)c3ncccc23)nc1N. The molecule has 0 spiro atoms. The van der Waals surface area contributed by atoms with Gasteiger partial charge >= 0.3 is 6.09 Å². The Balaban J connectivity index is 1.80. The van der Waals surface area contributed by atoms with Crippen molar-refractivity contribution in [1.82, 2.24) is 30.0 Å². The third kappa shape index (κ3) is 3.43. The molecule has 0 aliphatic carbocycles. The molecule has 152 valence electrons. The highest BCUT2D eigenvalue weighted by Crippen LogP contribution is 2.31. The van der Waals surface area contributed by atoms with Crippen LogP contribution in [0.2, 0.25) is 0 Å². The third-order valence-corrected chi connectivity index (χ3v) is 4.31. The highest BCUT2D eigenvalue weighted by molar-refractivity contribution is 5.90. The van der Waals surface area contributed by atoms with E-state index in [1.54, 1.807) is 41.2 Å². The molecule has 0 saturated carbocycles. The first-order valence-corrected chi connectivity index (χ1v) is 8.85. The maximum absolute atomic E-state index is 14.1. The highest BCUT2D eigenvalue weighted by atomic mass is 19.1. The predicted octanol–water partition coefficient (Wildman–Crippen LogP) is 1.96. The molecule has 1 amide bonds. The number of halogens is 1. The number of fused-ring (bicyclic) bond motifs is 1. The summed E-state index contributed by atoms with van der Waals surface area (Å²) >= 11 is 0. The average Bonchev–Trinajstić information content (AvgIpc) is 3.10. The van der Waals surface area contributed by atoms with Gasteiger partial charge in [-0.25, -0.2) is 28.8 Å². The van der Waals surface area contributed by atoms with Crippen LogP contribution < -0.4 is 21.5 Å². The van der Waals surface area contributed by atoms with E-state index >= 15 is 0 Å². The van der Waals surface area contributed by atoms with Crippen molar-refractivity contribution >= 4 is 28.8 Å². The number of nitrogens with one attached hydrogen (secondary N) is 1. The Morgan fingerprint density at radius 1 is 1.17 bits per heavy atom. The van der Waals surface area contributed by atoms with Crippen LogP contribution >= 0.6 is 0 Å². The number of anilines is 2. The molecular weight excluding hydrogens is 391 g/mol. The van der Waals surface area contributed by atoms with E-state index in [1.807, 2.05) is 0 Å². The Kier molecular flexibility index (Phi) is 4.84. The van der Waals surface area contributed by atoms with E-state index in [4.69, 9.17) is 16.2 Å². The van der Waals surface area contributed by atoms with Crippen LogP contribution in [0, 0.1) is 5.82 Å². The summed E-state index contributed by atoms with van der Waals surface area (Å²) in [5.74, 6) is -0.617. The average molecular weight is 408 g/mol. The Morgan fingerprint density at radius 3 is 2.60 bits per heavy atom. The second-order valence-electron chi connectivity index (χ2n) is 6.26. The first-order valence-electron chi connectivity index (χ1n) is 8.85. The fourth-order valence-corrected chi connectivity index (χ4v) is 2.91. The Hall–Kier alpha value is -4.28. The number of benzene rings is 1. The number of nitrogens with zero attached hydrogens (tertiary/aromatic N) is 5. The van der Waals surface area contributed by atoms with E-state index < -0.39 is 6.09 Å². The molecule has 4 aromatic rings. The number of carbonyl (C=O) groups is 1. The topological polar surface area (TPSA) is 147 Å². The molecule has 30 heavy (non-hydrogen) atoms. The lowest BCUT2D eigenvalue weighted by atomic mass is 10.2. The van der Waals surface area contributed by atoms with Crippen LogP contribution in [0.3, 0.4) is 0 Å². The lowest BCUT2D eigenvalue weighted by molar-refractivity contribution is 0.203. The Morgan fingerprint density at radius 2 is 1.90 bits per heavy atom. The molecular formula is C19H17FN8O2. The minimum Gasteiger partial charge on any atom is -0.402 e. The first-order chi connectivity index (χ1) is 14.5. The van der Waals surface area contributed by atoms with Crippen LogP contribution in [0.1, 0.15) is 5.56 Å². The zero-order valence-corrected chi connectivity index (χ0v) is 15.8. The number of aromatic nitrogens is 5. The normalized spacial score (nSPS) is 10.9. The maximum Gasteiger partial charge on any atom is 0.412 e. The molecule has 4 rings (SSSR count). The monoisotopic (exact) mass is 408 g/mol. The van der Waals surface area contributed by atoms with E-state index in [0.29, 0.717) is 22.3 Å². The van der Waals surface area contributed by atoms with Crippen LogP contribution in [0.5, 0.6) is 5.75 Å². The van der Waals surface area contributed by atoms with Gasteiger partial charge in [-0.05, 0) is 18.2 Å². The molecule has 1 aromatic carbocycles. The van der Waals surface area contributed by atoms with E-state index in [2.05, 4.69) is 25.4 Å². The van der Waals surface area contributed by atoms with Gasteiger partial charge in [-0.3, -0.25) is 0 Å². The Bertz CT molecular complexity index is 1230.